The number of aromatic nitrogens is 2. The molecule has 0 spiro atoms. The summed E-state index contributed by atoms with van der Waals surface area (Å²) in [4.78, 5) is 0. The van der Waals surface area contributed by atoms with Crippen molar-refractivity contribution in [1.29, 1.82) is 0 Å². The molecule has 26 heavy (non-hydrogen) atoms. The Hall–Kier alpha value is -3.02. The first kappa shape index (κ1) is 17.8. The van der Waals surface area contributed by atoms with E-state index in [0.29, 0.717) is 6.54 Å². The molecule has 0 radical (unpaired) electrons. The highest BCUT2D eigenvalue weighted by atomic mass is 19.1. The first-order valence-electron chi connectivity index (χ1n) is 8.27. The highest BCUT2D eigenvalue weighted by molar-refractivity contribution is 5.83. The number of aryl methyl sites for hydroxylation is 2. The number of anilines is 1. The average Bonchev–Trinajstić information content (AvgIpc) is 2.86. The van der Waals surface area contributed by atoms with E-state index in [4.69, 9.17) is 0 Å². The topological polar surface area (TPSA) is 42.2 Å². The maximum absolute atomic E-state index is 13.6. The molecule has 3 aromatic rings. The predicted octanol–water partition coefficient (Wildman–Crippen LogP) is 4.58. The highest BCUT2D eigenvalue weighted by Crippen LogP contribution is 2.16. The smallest absolute Gasteiger partial charge is 0.151 e. The van der Waals surface area contributed by atoms with Crippen LogP contribution in [-0.4, -0.2) is 16.0 Å². The molecule has 134 valence electrons. The van der Waals surface area contributed by atoms with Crippen LogP contribution in [0.1, 0.15) is 28.1 Å². The van der Waals surface area contributed by atoms with Crippen LogP contribution >= 0.6 is 0 Å². The lowest BCUT2D eigenvalue weighted by molar-refractivity contribution is 0.585. The quantitative estimate of drug-likeness (QED) is 0.538. The number of nitrogens with one attached hydrogen (secondary N) is 1. The van der Waals surface area contributed by atoms with E-state index in [9.17, 15) is 8.78 Å². The van der Waals surface area contributed by atoms with Crippen molar-refractivity contribution in [2.24, 2.45) is 5.10 Å². The molecule has 1 aromatic heterocycles. The van der Waals surface area contributed by atoms with Crippen molar-refractivity contribution in [2.45, 2.75) is 27.3 Å². The van der Waals surface area contributed by atoms with Crippen molar-refractivity contribution >= 4 is 11.9 Å². The molecule has 0 atom stereocenters. The van der Waals surface area contributed by atoms with Crippen LogP contribution in [0.4, 0.5) is 14.5 Å². The Morgan fingerprint density at radius 1 is 1.08 bits per heavy atom. The third kappa shape index (κ3) is 3.96. The molecule has 1 N–H and O–H groups in total. The van der Waals surface area contributed by atoms with Crippen LogP contribution in [0.25, 0.3) is 0 Å². The van der Waals surface area contributed by atoms with Crippen LogP contribution in [0.5, 0.6) is 0 Å². The van der Waals surface area contributed by atoms with Crippen molar-refractivity contribution in [1.82, 2.24) is 9.78 Å². The summed E-state index contributed by atoms with van der Waals surface area (Å²) in [6.45, 7) is 6.59. The Morgan fingerprint density at radius 3 is 2.50 bits per heavy atom. The van der Waals surface area contributed by atoms with Gasteiger partial charge in [0.05, 0.1) is 24.1 Å². The summed E-state index contributed by atoms with van der Waals surface area (Å²) in [7, 11) is 0. The SMILES string of the molecule is Cc1ccc(Cn2nc(C)c(/C=N\Nc3ccc(F)cc3F)c2C)cc1. The van der Waals surface area contributed by atoms with Crippen LogP contribution in [0, 0.1) is 32.4 Å². The van der Waals surface area contributed by atoms with E-state index in [2.05, 4.69) is 46.8 Å². The average molecular weight is 354 g/mol. The van der Waals surface area contributed by atoms with Gasteiger partial charge in [0.1, 0.15) is 5.82 Å². The molecule has 0 saturated heterocycles. The zero-order valence-corrected chi connectivity index (χ0v) is 14.9. The lowest BCUT2D eigenvalue weighted by atomic mass is 10.1. The second kappa shape index (κ2) is 7.47. The fraction of sp³-hybridized carbons (Fsp3) is 0.200. The summed E-state index contributed by atoms with van der Waals surface area (Å²) in [6.07, 6.45) is 1.60. The van der Waals surface area contributed by atoms with Gasteiger partial charge in [-0.3, -0.25) is 10.1 Å². The standard InChI is InChI=1S/C20H20F2N4/c1-13-4-6-16(7-5-13)12-26-15(3)18(14(2)25-26)11-23-24-20-9-8-17(21)10-19(20)22/h4-11,24H,12H2,1-3H3/b23-11-. The van der Waals surface area contributed by atoms with E-state index in [-0.39, 0.29) is 5.69 Å². The minimum Gasteiger partial charge on any atom is -0.276 e. The van der Waals surface area contributed by atoms with Crippen LogP contribution in [-0.2, 0) is 6.54 Å². The fourth-order valence-corrected chi connectivity index (χ4v) is 2.66. The zero-order valence-electron chi connectivity index (χ0n) is 14.9. The summed E-state index contributed by atoms with van der Waals surface area (Å²) in [5.41, 5.74) is 7.76. The van der Waals surface area contributed by atoms with Gasteiger partial charge < -0.3 is 0 Å². The minimum absolute atomic E-state index is 0.116. The van der Waals surface area contributed by atoms with Crippen LogP contribution in [0.15, 0.2) is 47.6 Å². The number of rotatable bonds is 5. The molecule has 1 heterocycles. The van der Waals surface area contributed by atoms with Gasteiger partial charge >= 0.3 is 0 Å². The van der Waals surface area contributed by atoms with Gasteiger partial charge in [-0.1, -0.05) is 29.8 Å². The van der Waals surface area contributed by atoms with E-state index in [0.717, 1.165) is 28.6 Å². The summed E-state index contributed by atoms with van der Waals surface area (Å²) in [6, 6.07) is 11.6. The summed E-state index contributed by atoms with van der Waals surface area (Å²) >= 11 is 0. The van der Waals surface area contributed by atoms with Crippen LogP contribution in [0.2, 0.25) is 0 Å². The van der Waals surface area contributed by atoms with E-state index in [1.165, 1.54) is 17.7 Å². The molecule has 0 unspecified atom stereocenters. The number of nitrogens with zero attached hydrogens (tertiary/aromatic N) is 3. The van der Waals surface area contributed by atoms with Crippen molar-refractivity contribution in [3.05, 3.63) is 82.2 Å². The number of benzene rings is 2. The fourth-order valence-electron chi connectivity index (χ4n) is 2.66. The minimum atomic E-state index is -0.689. The monoisotopic (exact) mass is 354 g/mol. The maximum Gasteiger partial charge on any atom is 0.151 e. The van der Waals surface area contributed by atoms with Crippen LogP contribution in [0.3, 0.4) is 0 Å². The molecule has 0 saturated carbocycles. The molecule has 6 heteroatoms. The molecule has 0 fully saturated rings. The van der Waals surface area contributed by atoms with Gasteiger partial charge in [-0.15, -0.1) is 0 Å². The second-order valence-electron chi connectivity index (χ2n) is 6.22. The second-order valence-corrected chi connectivity index (χ2v) is 6.22. The lowest BCUT2D eigenvalue weighted by Crippen LogP contribution is -2.04. The molecule has 0 aliphatic carbocycles. The van der Waals surface area contributed by atoms with Gasteiger partial charge in [-0.05, 0) is 38.5 Å². The first-order chi connectivity index (χ1) is 12.4. The highest BCUT2D eigenvalue weighted by Gasteiger charge is 2.10. The number of hydrazone groups is 1. The molecule has 3 rings (SSSR count). The van der Waals surface area contributed by atoms with E-state index in [1.807, 2.05) is 18.5 Å². The summed E-state index contributed by atoms with van der Waals surface area (Å²) < 4.78 is 28.5. The van der Waals surface area contributed by atoms with Crippen molar-refractivity contribution in [3.8, 4) is 0 Å². The van der Waals surface area contributed by atoms with E-state index >= 15 is 0 Å². The van der Waals surface area contributed by atoms with Gasteiger partial charge in [-0.2, -0.15) is 10.2 Å². The molecule has 0 aliphatic rings. The normalized spacial score (nSPS) is 11.3. The van der Waals surface area contributed by atoms with Gasteiger partial charge in [0.15, 0.2) is 5.82 Å². The lowest BCUT2D eigenvalue weighted by Gasteiger charge is -2.05. The van der Waals surface area contributed by atoms with Crippen molar-refractivity contribution in [3.63, 3.8) is 0 Å². The largest absolute Gasteiger partial charge is 0.276 e. The van der Waals surface area contributed by atoms with Crippen LogP contribution < -0.4 is 5.43 Å². The van der Waals surface area contributed by atoms with Gasteiger partial charge in [0.2, 0.25) is 0 Å². The van der Waals surface area contributed by atoms with Crippen molar-refractivity contribution in [2.75, 3.05) is 5.43 Å². The Balaban J connectivity index is 1.76. The van der Waals surface area contributed by atoms with Gasteiger partial charge in [0, 0.05) is 17.3 Å². The van der Waals surface area contributed by atoms with Gasteiger partial charge in [0.25, 0.3) is 0 Å². The molecular formula is C20H20F2N4. The van der Waals surface area contributed by atoms with Crippen molar-refractivity contribution < 1.29 is 8.78 Å². The van der Waals surface area contributed by atoms with Gasteiger partial charge in [-0.25, -0.2) is 8.78 Å². The van der Waals surface area contributed by atoms with E-state index < -0.39 is 11.6 Å². The van der Waals surface area contributed by atoms with E-state index in [1.54, 1.807) is 6.21 Å². The third-order valence-electron chi connectivity index (χ3n) is 4.20. The maximum atomic E-state index is 13.6. The Kier molecular flexibility index (Phi) is 5.11. The molecule has 0 bridgehead atoms. The molecule has 0 aliphatic heterocycles. The summed E-state index contributed by atoms with van der Waals surface area (Å²) in [5, 5.41) is 8.62. The Labute approximate surface area is 151 Å². The molecule has 0 amide bonds. The molecular weight excluding hydrogens is 334 g/mol. The molecule has 4 nitrogen and oxygen atoms in total. The Morgan fingerprint density at radius 2 is 1.81 bits per heavy atom. The first-order valence-corrected chi connectivity index (χ1v) is 8.27. The molecule has 2 aromatic carbocycles. The zero-order chi connectivity index (χ0) is 18.7. The summed E-state index contributed by atoms with van der Waals surface area (Å²) in [5.74, 6) is -1.31. The number of halogens is 2. The predicted molar refractivity (Wildman–Crippen MR) is 99.6 cm³/mol. The Bertz CT molecular complexity index is 943. The number of hydrogen-bond acceptors (Lipinski definition) is 3. The number of hydrogen-bond donors (Lipinski definition) is 1. The third-order valence-corrected chi connectivity index (χ3v) is 4.20.